The van der Waals surface area contributed by atoms with E-state index in [1.807, 2.05) is 43.3 Å². The molecule has 1 atom stereocenters. The number of carbonyl (C=O) groups is 1. The van der Waals surface area contributed by atoms with Crippen LogP contribution in [0.1, 0.15) is 18.0 Å². The Bertz CT molecular complexity index is 1360. The van der Waals surface area contributed by atoms with Gasteiger partial charge >= 0.3 is 0 Å². The Kier molecular flexibility index (Phi) is 5.03. The van der Waals surface area contributed by atoms with Gasteiger partial charge in [0.05, 0.1) is 17.9 Å². The van der Waals surface area contributed by atoms with Crippen LogP contribution in [0.2, 0.25) is 5.02 Å². The first-order valence-electron chi connectivity index (χ1n) is 9.76. The number of rotatable bonds is 4. The highest BCUT2D eigenvalue weighted by Gasteiger charge is 2.29. The number of aromatic nitrogens is 4. The van der Waals surface area contributed by atoms with E-state index in [9.17, 15) is 9.59 Å². The van der Waals surface area contributed by atoms with Gasteiger partial charge in [0.1, 0.15) is 5.39 Å². The summed E-state index contributed by atoms with van der Waals surface area (Å²) in [7, 11) is 0. The monoisotopic (exact) mass is 451 g/mol. The fourth-order valence-corrected chi connectivity index (χ4v) is 4.94. The summed E-state index contributed by atoms with van der Waals surface area (Å²) >= 11 is 7.45. The molecule has 0 bridgehead atoms. The zero-order valence-electron chi connectivity index (χ0n) is 16.6. The van der Waals surface area contributed by atoms with Crippen LogP contribution in [0, 0.1) is 6.92 Å². The van der Waals surface area contributed by atoms with Crippen molar-refractivity contribution in [1.29, 1.82) is 0 Å². The normalized spacial score (nSPS) is 15.2. The van der Waals surface area contributed by atoms with Crippen molar-refractivity contribution in [2.24, 2.45) is 0 Å². The molecule has 4 aromatic rings. The fourth-order valence-electron chi connectivity index (χ4n) is 3.68. The van der Waals surface area contributed by atoms with E-state index in [1.54, 1.807) is 21.4 Å². The van der Waals surface area contributed by atoms with Gasteiger partial charge in [-0.1, -0.05) is 41.6 Å². The van der Waals surface area contributed by atoms with Crippen LogP contribution in [0.15, 0.2) is 64.7 Å². The molecule has 156 valence electrons. The summed E-state index contributed by atoms with van der Waals surface area (Å²) in [4.78, 5) is 30.6. The highest BCUT2D eigenvalue weighted by atomic mass is 35.5. The zero-order valence-corrected chi connectivity index (χ0v) is 18.2. The predicted octanol–water partition coefficient (Wildman–Crippen LogP) is 4.22. The minimum Gasteiger partial charge on any atom is -0.326 e. The third-order valence-corrected chi connectivity index (χ3v) is 6.63. The summed E-state index contributed by atoms with van der Waals surface area (Å²) < 4.78 is 3.25. The molecule has 2 aromatic heterocycles. The molecule has 0 saturated carbocycles. The number of fused-ring (bicyclic) bond motifs is 2. The van der Waals surface area contributed by atoms with Gasteiger partial charge in [-0.25, -0.2) is 9.67 Å². The van der Waals surface area contributed by atoms with Gasteiger partial charge < -0.3 is 5.32 Å². The summed E-state index contributed by atoms with van der Waals surface area (Å²) in [5.74, 6) is 0.487. The molecule has 9 heteroatoms. The minimum atomic E-state index is -0.257. The van der Waals surface area contributed by atoms with Crippen molar-refractivity contribution in [1.82, 2.24) is 19.3 Å². The SMILES string of the molecule is Cc1ccccc1NC(=O)CC1CSc2nc3c(cnn3-c3ccc(Cl)cc3)c(=O)n21. The Morgan fingerprint density at radius 2 is 2.00 bits per heavy atom. The molecule has 0 radical (unpaired) electrons. The number of halogens is 1. The number of hydrogen-bond donors (Lipinski definition) is 1. The molecule has 2 aromatic carbocycles. The van der Waals surface area contributed by atoms with Gasteiger partial charge in [-0.2, -0.15) is 5.10 Å². The summed E-state index contributed by atoms with van der Waals surface area (Å²) in [6.07, 6.45) is 1.73. The second-order valence-corrected chi connectivity index (χ2v) is 8.80. The molecule has 0 aliphatic carbocycles. The van der Waals surface area contributed by atoms with Crippen molar-refractivity contribution in [2.45, 2.75) is 24.5 Å². The number of thioether (sulfide) groups is 1. The predicted molar refractivity (Wildman–Crippen MR) is 122 cm³/mol. The highest BCUT2D eigenvalue weighted by Crippen LogP contribution is 2.33. The van der Waals surface area contributed by atoms with Crippen molar-refractivity contribution >= 4 is 46.0 Å². The molecule has 1 aliphatic heterocycles. The van der Waals surface area contributed by atoms with Gasteiger partial charge in [0.2, 0.25) is 5.91 Å². The van der Waals surface area contributed by atoms with Crippen LogP contribution in [-0.2, 0) is 4.79 Å². The van der Waals surface area contributed by atoms with E-state index in [4.69, 9.17) is 16.6 Å². The Labute approximate surface area is 187 Å². The summed E-state index contributed by atoms with van der Waals surface area (Å²) in [5, 5.41) is 8.94. The summed E-state index contributed by atoms with van der Waals surface area (Å²) in [6.45, 7) is 1.94. The molecule has 1 aliphatic rings. The molecule has 7 nitrogen and oxygen atoms in total. The maximum absolute atomic E-state index is 13.2. The second-order valence-electron chi connectivity index (χ2n) is 7.37. The van der Waals surface area contributed by atoms with Crippen molar-refractivity contribution in [3.05, 3.63) is 75.7 Å². The smallest absolute Gasteiger partial charge is 0.265 e. The Morgan fingerprint density at radius 3 is 2.77 bits per heavy atom. The van der Waals surface area contributed by atoms with E-state index in [1.165, 1.54) is 18.0 Å². The standard InChI is InChI=1S/C22H18ClN5O2S/c1-13-4-2-3-5-18(13)25-19(29)10-16-12-31-22-26-20-17(21(30)27(16)22)11-24-28(20)15-8-6-14(23)7-9-15/h2-9,11,16H,10,12H2,1H3,(H,25,29). The van der Waals surface area contributed by atoms with Crippen molar-refractivity contribution in [3.8, 4) is 5.69 Å². The second kappa shape index (κ2) is 7.86. The van der Waals surface area contributed by atoms with Gasteiger partial charge in [-0.3, -0.25) is 14.2 Å². The minimum absolute atomic E-state index is 0.128. The number of nitrogens with one attached hydrogen (secondary N) is 1. The van der Waals surface area contributed by atoms with Crippen molar-refractivity contribution < 1.29 is 4.79 Å². The largest absolute Gasteiger partial charge is 0.326 e. The van der Waals surface area contributed by atoms with E-state index in [0.29, 0.717) is 27.0 Å². The van der Waals surface area contributed by atoms with E-state index in [0.717, 1.165) is 16.9 Å². The van der Waals surface area contributed by atoms with Crippen LogP contribution in [0.3, 0.4) is 0 Å². The first kappa shape index (κ1) is 19.8. The average Bonchev–Trinajstić information content (AvgIpc) is 3.35. The molecule has 0 saturated heterocycles. The molecular formula is C22H18ClN5O2S. The molecule has 1 amide bonds. The number of anilines is 1. The number of benzene rings is 2. The quantitative estimate of drug-likeness (QED) is 0.470. The highest BCUT2D eigenvalue weighted by molar-refractivity contribution is 7.99. The Balaban J connectivity index is 1.45. The van der Waals surface area contributed by atoms with Crippen LogP contribution in [0.25, 0.3) is 16.7 Å². The molecule has 5 rings (SSSR count). The van der Waals surface area contributed by atoms with Crippen LogP contribution in [0.4, 0.5) is 5.69 Å². The number of carbonyl (C=O) groups excluding carboxylic acids is 1. The average molecular weight is 452 g/mol. The molecule has 1 N–H and O–H groups in total. The molecular weight excluding hydrogens is 434 g/mol. The maximum Gasteiger partial charge on any atom is 0.265 e. The summed E-state index contributed by atoms with van der Waals surface area (Å²) in [5.41, 5.74) is 2.86. The topological polar surface area (TPSA) is 81.8 Å². The van der Waals surface area contributed by atoms with Gasteiger partial charge in [-0.15, -0.1) is 0 Å². The van der Waals surface area contributed by atoms with Crippen LogP contribution >= 0.6 is 23.4 Å². The molecule has 3 heterocycles. The lowest BCUT2D eigenvalue weighted by atomic mass is 10.1. The van der Waals surface area contributed by atoms with Crippen LogP contribution in [0.5, 0.6) is 0 Å². The molecule has 0 fully saturated rings. The number of hydrogen-bond acceptors (Lipinski definition) is 5. The van der Waals surface area contributed by atoms with E-state index < -0.39 is 0 Å². The Morgan fingerprint density at radius 1 is 1.23 bits per heavy atom. The first-order valence-corrected chi connectivity index (χ1v) is 11.1. The number of nitrogens with zero attached hydrogens (tertiary/aromatic N) is 4. The number of aryl methyl sites for hydroxylation is 1. The lowest BCUT2D eigenvalue weighted by molar-refractivity contribution is -0.116. The molecule has 0 spiro atoms. The zero-order chi connectivity index (χ0) is 21.5. The lowest BCUT2D eigenvalue weighted by Crippen LogP contribution is -2.27. The van der Waals surface area contributed by atoms with Gasteiger partial charge in [0.25, 0.3) is 5.56 Å². The van der Waals surface area contributed by atoms with Crippen LogP contribution in [-0.4, -0.2) is 31.0 Å². The lowest BCUT2D eigenvalue weighted by Gasteiger charge is -2.14. The van der Waals surface area contributed by atoms with Crippen LogP contribution < -0.4 is 10.9 Å². The van der Waals surface area contributed by atoms with Gasteiger partial charge in [0, 0.05) is 22.9 Å². The van der Waals surface area contributed by atoms with Crippen molar-refractivity contribution in [2.75, 3.05) is 11.1 Å². The van der Waals surface area contributed by atoms with Gasteiger partial charge in [-0.05, 0) is 42.8 Å². The van der Waals surface area contributed by atoms with E-state index >= 15 is 0 Å². The van der Waals surface area contributed by atoms with E-state index in [-0.39, 0.29) is 23.9 Å². The summed E-state index contributed by atoms with van der Waals surface area (Å²) in [6, 6.07) is 14.5. The van der Waals surface area contributed by atoms with E-state index in [2.05, 4.69) is 10.4 Å². The third-order valence-electron chi connectivity index (χ3n) is 5.28. The molecule has 31 heavy (non-hydrogen) atoms. The maximum atomic E-state index is 13.2. The fraction of sp³-hybridized carbons (Fsp3) is 0.182. The third kappa shape index (κ3) is 3.62. The Hall–Kier alpha value is -3.10. The number of amides is 1. The van der Waals surface area contributed by atoms with Gasteiger partial charge in [0.15, 0.2) is 10.8 Å². The van der Waals surface area contributed by atoms with Crippen molar-refractivity contribution in [3.63, 3.8) is 0 Å². The first-order chi connectivity index (χ1) is 15.0. The molecule has 1 unspecified atom stereocenters. The number of para-hydroxylation sites is 1.